The van der Waals surface area contributed by atoms with Crippen molar-refractivity contribution < 1.29 is 14.3 Å². The number of benzene rings is 2. The van der Waals surface area contributed by atoms with Crippen LogP contribution >= 0.6 is 0 Å². The van der Waals surface area contributed by atoms with E-state index in [1.54, 1.807) is 0 Å². The molecule has 0 bridgehead atoms. The molecule has 0 unspecified atom stereocenters. The maximum Gasteiger partial charge on any atom is 0.241 e. The van der Waals surface area contributed by atoms with Crippen molar-refractivity contribution in [3.63, 3.8) is 0 Å². The van der Waals surface area contributed by atoms with Crippen LogP contribution in [0.1, 0.15) is 56.0 Å². The average molecular weight is 399 g/mol. The van der Waals surface area contributed by atoms with Gasteiger partial charge in [0, 0.05) is 11.7 Å². The number of carbonyl (C=O) groups is 1. The molecule has 5 nitrogen and oxygen atoms in total. The Bertz CT molecular complexity index is 825. The highest BCUT2D eigenvalue weighted by Gasteiger charge is 2.19. The minimum atomic E-state index is -0.354. The minimum Gasteiger partial charge on any atom is -0.490 e. The molecule has 0 radical (unpaired) electrons. The third-order valence-electron chi connectivity index (χ3n) is 4.89. The number of amides is 1. The monoisotopic (exact) mass is 398 g/mol. The van der Waals surface area contributed by atoms with E-state index in [1.807, 2.05) is 59.7 Å². The summed E-state index contributed by atoms with van der Waals surface area (Å²) in [6.07, 6.45) is 0. The zero-order valence-electron chi connectivity index (χ0n) is 18.7. The van der Waals surface area contributed by atoms with Gasteiger partial charge in [0.25, 0.3) is 0 Å². The van der Waals surface area contributed by atoms with Crippen LogP contribution in [0.25, 0.3) is 0 Å². The van der Waals surface area contributed by atoms with Gasteiger partial charge in [-0.15, -0.1) is 0 Å². The first kappa shape index (κ1) is 22.8. The molecule has 2 atom stereocenters. The summed E-state index contributed by atoms with van der Waals surface area (Å²) < 4.78 is 11.3. The van der Waals surface area contributed by atoms with Gasteiger partial charge in [-0.3, -0.25) is 10.1 Å². The standard InChI is InChI=1S/C24H34N2O3/c1-8-28-21-11-10-20(14-22(21)29-9-2)18(6)25-19(7)24(27)26-23-16(4)12-15(3)13-17(23)5/h10-14,18-19,25H,8-9H2,1-7H3,(H,26,27)/t18-,19-/m0/s1. The predicted molar refractivity (Wildman–Crippen MR) is 119 cm³/mol. The van der Waals surface area contributed by atoms with E-state index in [0.29, 0.717) is 13.2 Å². The quantitative estimate of drug-likeness (QED) is 0.618. The fourth-order valence-corrected chi connectivity index (χ4v) is 3.49. The van der Waals surface area contributed by atoms with E-state index >= 15 is 0 Å². The molecule has 2 rings (SSSR count). The molecule has 2 N–H and O–H groups in total. The molecule has 0 saturated carbocycles. The number of anilines is 1. The molecule has 0 heterocycles. The SMILES string of the molecule is CCOc1ccc([C@H](C)N[C@@H](C)C(=O)Nc2c(C)cc(C)cc2C)cc1OCC. The smallest absolute Gasteiger partial charge is 0.241 e. The molecule has 1 amide bonds. The molecule has 0 aliphatic heterocycles. The summed E-state index contributed by atoms with van der Waals surface area (Å²) in [6, 6.07) is 9.69. The molecule has 158 valence electrons. The molecule has 0 aliphatic carbocycles. The molecule has 0 aromatic heterocycles. The van der Waals surface area contributed by atoms with Crippen LogP contribution in [0.2, 0.25) is 0 Å². The highest BCUT2D eigenvalue weighted by Crippen LogP contribution is 2.31. The van der Waals surface area contributed by atoms with Gasteiger partial charge in [-0.05, 0) is 77.3 Å². The first-order valence-electron chi connectivity index (χ1n) is 10.3. The molecule has 0 fully saturated rings. The Morgan fingerprint density at radius 1 is 0.931 bits per heavy atom. The first-order chi connectivity index (χ1) is 13.8. The molecule has 2 aromatic rings. The van der Waals surface area contributed by atoms with Crippen LogP contribution in [0, 0.1) is 20.8 Å². The van der Waals surface area contributed by atoms with Crippen molar-refractivity contribution >= 4 is 11.6 Å². The number of rotatable bonds is 9. The van der Waals surface area contributed by atoms with Crippen molar-refractivity contribution in [1.82, 2.24) is 5.32 Å². The maximum atomic E-state index is 12.8. The van der Waals surface area contributed by atoms with Crippen molar-refractivity contribution in [1.29, 1.82) is 0 Å². The first-order valence-corrected chi connectivity index (χ1v) is 10.3. The fourth-order valence-electron chi connectivity index (χ4n) is 3.49. The number of aryl methyl sites for hydroxylation is 3. The van der Waals surface area contributed by atoms with Gasteiger partial charge >= 0.3 is 0 Å². The van der Waals surface area contributed by atoms with Gasteiger partial charge in [-0.25, -0.2) is 0 Å². The highest BCUT2D eigenvalue weighted by atomic mass is 16.5. The Kier molecular flexibility index (Phi) is 8.09. The number of carbonyl (C=O) groups excluding carboxylic acids is 1. The molecule has 0 aliphatic rings. The summed E-state index contributed by atoms with van der Waals surface area (Å²) in [7, 11) is 0. The van der Waals surface area contributed by atoms with Crippen LogP contribution < -0.4 is 20.1 Å². The summed E-state index contributed by atoms with van der Waals surface area (Å²) in [6.45, 7) is 15.1. The summed E-state index contributed by atoms with van der Waals surface area (Å²) in [5, 5.41) is 6.45. The lowest BCUT2D eigenvalue weighted by Gasteiger charge is -2.22. The van der Waals surface area contributed by atoms with Crippen LogP contribution in [0.15, 0.2) is 30.3 Å². The number of hydrogen-bond donors (Lipinski definition) is 2. The van der Waals surface area contributed by atoms with Crippen LogP contribution in [0.5, 0.6) is 11.5 Å². The van der Waals surface area contributed by atoms with E-state index in [9.17, 15) is 4.79 Å². The second kappa shape index (κ2) is 10.3. The normalized spacial score (nSPS) is 12.9. The van der Waals surface area contributed by atoms with Gasteiger partial charge in [0.2, 0.25) is 5.91 Å². The Hall–Kier alpha value is -2.53. The lowest BCUT2D eigenvalue weighted by molar-refractivity contribution is -0.117. The van der Waals surface area contributed by atoms with Gasteiger partial charge in [0.05, 0.1) is 19.3 Å². The van der Waals surface area contributed by atoms with Crippen LogP contribution in [-0.2, 0) is 4.79 Å². The van der Waals surface area contributed by atoms with Gasteiger partial charge in [-0.1, -0.05) is 23.8 Å². The lowest BCUT2D eigenvalue weighted by atomic mass is 10.0. The maximum absolute atomic E-state index is 12.8. The van der Waals surface area contributed by atoms with Gasteiger partial charge in [0.1, 0.15) is 0 Å². The predicted octanol–water partition coefficient (Wildman–Crippen LogP) is 5.09. The van der Waals surface area contributed by atoms with Crippen LogP contribution in [0.3, 0.4) is 0 Å². The third-order valence-corrected chi connectivity index (χ3v) is 4.89. The van der Waals surface area contributed by atoms with E-state index in [4.69, 9.17) is 9.47 Å². The average Bonchev–Trinajstić information content (AvgIpc) is 2.66. The third kappa shape index (κ3) is 5.97. The van der Waals surface area contributed by atoms with Crippen molar-refractivity contribution in [3.8, 4) is 11.5 Å². The molecule has 0 saturated heterocycles. The minimum absolute atomic E-state index is 0.0224. The second-order valence-electron chi connectivity index (χ2n) is 7.45. The highest BCUT2D eigenvalue weighted by molar-refractivity contribution is 5.96. The molecule has 0 spiro atoms. The Morgan fingerprint density at radius 2 is 1.52 bits per heavy atom. The lowest BCUT2D eigenvalue weighted by Crippen LogP contribution is -2.39. The molecular formula is C24H34N2O3. The van der Waals surface area contributed by atoms with E-state index in [0.717, 1.165) is 33.9 Å². The fraction of sp³-hybridized carbons (Fsp3) is 0.458. The number of hydrogen-bond acceptors (Lipinski definition) is 4. The zero-order chi connectivity index (χ0) is 21.6. The second-order valence-corrected chi connectivity index (χ2v) is 7.45. The van der Waals surface area contributed by atoms with Crippen LogP contribution in [0.4, 0.5) is 5.69 Å². The summed E-state index contributed by atoms with van der Waals surface area (Å²) in [5.41, 5.74) is 5.27. The van der Waals surface area contributed by atoms with E-state index in [-0.39, 0.29) is 18.0 Å². The van der Waals surface area contributed by atoms with Crippen LogP contribution in [-0.4, -0.2) is 25.2 Å². The number of nitrogens with one attached hydrogen (secondary N) is 2. The van der Waals surface area contributed by atoms with Gasteiger partial charge < -0.3 is 14.8 Å². The largest absolute Gasteiger partial charge is 0.490 e. The number of ether oxygens (including phenoxy) is 2. The van der Waals surface area contributed by atoms with Gasteiger partial charge in [0.15, 0.2) is 11.5 Å². The Balaban J connectivity index is 2.09. The van der Waals surface area contributed by atoms with Crippen molar-refractivity contribution in [2.75, 3.05) is 18.5 Å². The molecular weight excluding hydrogens is 364 g/mol. The van der Waals surface area contributed by atoms with Gasteiger partial charge in [-0.2, -0.15) is 0 Å². The van der Waals surface area contributed by atoms with Crippen molar-refractivity contribution in [3.05, 3.63) is 52.6 Å². The molecule has 2 aromatic carbocycles. The topological polar surface area (TPSA) is 59.6 Å². The Morgan fingerprint density at radius 3 is 2.10 bits per heavy atom. The summed E-state index contributed by atoms with van der Waals surface area (Å²) in [5.74, 6) is 1.41. The van der Waals surface area contributed by atoms with Crippen molar-refractivity contribution in [2.24, 2.45) is 0 Å². The summed E-state index contributed by atoms with van der Waals surface area (Å²) >= 11 is 0. The zero-order valence-corrected chi connectivity index (χ0v) is 18.7. The Labute approximate surface area is 174 Å². The van der Waals surface area contributed by atoms with E-state index in [1.165, 1.54) is 5.56 Å². The van der Waals surface area contributed by atoms with E-state index < -0.39 is 0 Å². The van der Waals surface area contributed by atoms with E-state index in [2.05, 4.69) is 29.7 Å². The molecule has 5 heteroatoms. The molecule has 29 heavy (non-hydrogen) atoms. The summed E-state index contributed by atoms with van der Waals surface area (Å²) in [4.78, 5) is 12.8. The van der Waals surface area contributed by atoms with Crippen molar-refractivity contribution in [2.45, 2.75) is 60.5 Å².